The molecule has 0 fully saturated rings. The molecule has 2 heterocycles. The number of para-hydroxylation sites is 2. The molecule has 0 bridgehead atoms. The summed E-state index contributed by atoms with van der Waals surface area (Å²) in [6.07, 6.45) is 0.367. The SMILES string of the molecule is C[C@H]1C(=O)Nc2ccc(C(=O)COC(=O)CCc3nc4ccccc4o3)cc21. The molecule has 7 nitrogen and oxygen atoms in total. The number of anilines is 1. The van der Waals surface area contributed by atoms with Crippen LogP contribution in [-0.4, -0.2) is 29.3 Å². The van der Waals surface area contributed by atoms with Gasteiger partial charge in [-0.1, -0.05) is 12.1 Å². The second-order valence-electron chi connectivity index (χ2n) is 6.67. The van der Waals surface area contributed by atoms with E-state index >= 15 is 0 Å². The van der Waals surface area contributed by atoms with Gasteiger partial charge in [-0.2, -0.15) is 0 Å². The zero-order valence-corrected chi connectivity index (χ0v) is 15.2. The summed E-state index contributed by atoms with van der Waals surface area (Å²) in [5, 5.41) is 2.75. The molecule has 7 heteroatoms. The Kier molecular flexibility index (Phi) is 4.65. The summed E-state index contributed by atoms with van der Waals surface area (Å²) in [6.45, 7) is 1.43. The van der Waals surface area contributed by atoms with Gasteiger partial charge in [0.2, 0.25) is 5.91 Å². The van der Waals surface area contributed by atoms with E-state index in [9.17, 15) is 14.4 Å². The van der Waals surface area contributed by atoms with Crippen molar-refractivity contribution in [2.24, 2.45) is 0 Å². The van der Waals surface area contributed by atoms with Crippen molar-refractivity contribution in [3.8, 4) is 0 Å². The van der Waals surface area contributed by atoms with E-state index in [-0.39, 0.29) is 30.6 Å². The first-order valence-corrected chi connectivity index (χ1v) is 8.99. The summed E-state index contributed by atoms with van der Waals surface area (Å²) < 4.78 is 10.6. The third-order valence-corrected chi connectivity index (χ3v) is 4.74. The Morgan fingerprint density at radius 3 is 2.86 bits per heavy atom. The van der Waals surface area contributed by atoms with E-state index in [4.69, 9.17) is 9.15 Å². The van der Waals surface area contributed by atoms with Gasteiger partial charge in [0.1, 0.15) is 5.52 Å². The van der Waals surface area contributed by atoms with Gasteiger partial charge in [0.15, 0.2) is 23.9 Å². The lowest BCUT2D eigenvalue weighted by molar-refractivity contribution is -0.142. The number of hydrogen-bond acceptors (Lipinski definition) is 6. The maximum atomic E-state index is 12.3. The Hall–Kier alpha value is -3.48. The molecule has 0 saturated heterocycles. The molecule has 28 heavy (non-hydrogen) atoms. The minimum atomic E-state index is -0.498. The quantitative estimate of drug-likeness (QED) is 0.522. The number of aryl methyl sites for hydroxylation is 1. The molecule has 1 amide bonds. The second kappa shape index (κ2) is 7.26. The molecule has 0 unspecified atom stereocenters. The number of nitrogens with zero attached hydrogens (tertiary/aromatic N) is 1. The highest BCUT2D eigenvalue weighted by atomic mass is 16.5. The number of nitrogens with one attached hydrogen (secondary N) is 1. The fourth-order valence-electron chi connectivity index (χ4n) is 3.13. The number of Topliss-reactive ketones (excluding diaryl/α,β-unsaturated/α-hetero) is 1. The van der Waals surface area contributed by atoms with Gasteiger partial charge in [-0.05, 0) is 42.8 Å². The van der Waals surface area contributed by atoms with E-state index in [1.165, 1.54) is 0 Å². The van der Waals surface area contributed by atoms with E-state index in [2.05, 4.69) is 10.3 Å². The summed E-state index contributed by atoms with van der Waals surface area (Å²) in [5.74, 6) is -0.757. The van der Waals surface area contributed by atoms with Gasteiger partial charge in [-0.15, -0.1) is 0 Å². The van der Waals surface area contributed by atoms with Crippen LogP contribution >= 0.6 is 0 Å². The maximum Gasteiger partial charge on any atom is 0.306 e. The number of aromatic nitrogens is 1. The number of esters is 1. The topological polar surface area (TPSA) is 98.5 Å². The van der Waals surface area contributed by atoms with Crippen LogP contribution in [0.1, 0.15) is 41.1 Å². The monoisotopic (exact) mass is 378 g/mol. The van der Waals surface area contributed by atoms with E-state index < -0.39 is 5.97 Å². The third-order valence-electron chi connectivity index (χ3n) is 4.74. The van der Waals surface area contributed by atoms with E-state index in [0.29, 0.717) is 29.1 Å². The van der Waals surface area contributed by atoms with Crippen molar-refractivity contribution in [3.63, 3.8) is 0 Å². The van der Waals surface area contributed by atoms with Crippen LogP contribution in [0.25, 0.3) is 11.1 Å². The zero-order valence-electron chi connectivity index (χ0n) is 15.2. The molecular weight excluding hydrogens is 360 g/mol. The van der Waals surface area contributed by atoms with E-state index in [0.717, 1.165) is 11.1 Å². The number of ether oxygens (including phenoxy) is 1. The molecule has 1 aliphatic rings. The molecule has 1 N–H and O–H groups in total. The number of carbonyl (C=O) groups is 3. The predicted octanol–water partition coefficient (Wildman–Crippen LogP) is 3.24. The fourth-order valence-corrected chi connectivity index (χ4v) is 3.13. The number of benzene rings is 2. The smallest absolute Gasteiger partial charge is 0.306 e. The Morgan fingerprint density at radius 2 is 2.04 bits per heavy atom. The number of carbonyl (C=O) groups excluding carboxylic acids is 3. The van der Waals surface area contributed by atoms with Crippen molar-refractivity contribution in [1.82, 2.24) is 4.98 Å². The van der Waals surface area contributed by atoms with E-state index in [1.807, 2.05) is 24.3 Å². The number of oxazole rings is 1. The standard InChI is InChI=1S/C21H18N2O5/c1-12-14-10-13(6-7-15(14)23-21(12)26)17(24)11-27-20(25)9-8-19-22-16-4-2-3-5-18(16)28-19/h2-7,10,12H,8-9,11H2,1H3,(H,23,26)/t12-/m1/s1. The number of hydrogen-bond donors (Lipinski definition) is 1. The molecule has 1 aliphatic heterocycles. The molecule has 4 rings (SSSR count). The predicted molar refractivity (Wildman–Crippen MR) is 101 cm³/mol. The van der Waals surface area contributed by atoms with Gasteiger partial charge in [-0.25, -0.2) is 4.98 Å². The average molecular weight is 378 g/mol. The first-order chi connectivity index (χ1) is 13.5. The van der Waals surface area contributed by atoms with Crippen molar-refractivity contribution in [2.45, 2.75) is 25.7 Å². The lowest BCUT2D eigenvalue weighted by atomic mass is 9.99. The zero-order chi connectivity index (χ0) is 19.7. The normalized spacial score (nSPS) is 15.3. The van der Waals surface area contributed by atoms with Crippen LogP contribution < -0.4 is 5.32 Å². The lowest BCUT2D eigenvalue weighted by Gasteiger charge is -2.06. The molecule has 1 atom stereocenters. The fraction of sp³-hybridized carbons (Fsp3) is 0.238. The molecule has 0 saturated carbocycles. The Morgan fingerprint density at radius 1 is 1.21 bits per heavy atom. The molecule has 1 aromatic heterocycles. The van der Waals surface area contributed by atoms with Crippen LogP contribution in [0.15, 0.2) is 46.9 Å². The molecule has 0 radical (unpaired) electrons. The Bertz CT molecular complexity index is 1050. The molecule has 2 aromatic carbocycles. The van der Waals surface area contributed by atoms with Crippen LogP contribution in [0.2, 0.25) is 0 Å². The maximum absolute atomic E-state index is 12.3. The average Bonchev–Trinajstić information content (AvgIpc) is 3.24. The van der Waals surface area contributed by atoms with Crippen LogP contribution in [0.5, 0.6) is 0 Å². The van der Waals surface area contributed by atoms with Gasteiger partial charge in [0.25, 0.3) is 0 Å². The number of fused-ring (bicyclic) bond motifs is 2. The first-order valence-electron chi connectivity index (χ1n) is 8.99. The van der Waals surface area contributed by atoms with Crippen molar-refractivity contribution < 1.29 is 23.5 Å². The minimum absolute atomic E-state index is 0.0692. The number of amides is 1. The minimum Gasteiger partial charge on any atom is -0.457 e. The highest BCUT2D eigenvalue weighted by Crippen LogP contribution is 2.32. The summed E-state index contributed by atoms with van der Waals surface area (Å²) in [6, 6.07) is 12.3. The second-order valence-corrected chi connectivity index (χ2v) is 6.67. The summed E-state index contributed by atoms with van der Waals surface area (Å²) in [5.41, 5.74) is 3.30. The molecule has 0 spiro atoms. The molecule has 142 valence electrons. The molecule has 0 aliphatic carbocycles. The Balaban J connectivity index is 1.31. The van der Waals surface area contributed by atoms with Crippen LogP contribution in [-0.2, 0) is 20.7 Å². The van der Waals surface area contributed by atoms with Crippen LogP contribution in [0.3, 0.4) is 0 Å². The highest BCUT2D eigenvalue weighted by Gasteiger charge is 2.27. The van der Waals surface area contributed by atoms with E-state index in [1.54, 1.807) is 25.1 Å². The van der Waals surface area contributed by atoms with Crippen molar-refractivity contribution in [1.29, 1.82) is 0 Å². The first kappa shape index (κ1) is 17.9. The van der Waals surface area contributed by atoms with Crippen molar-refractivity contribution >= 4 is 34.4 Å². The van der Waals surface area contributed by atoms with Crippen LogP contribution in [0, 0.1) is 0 Å². The Labute approximate surface area is 160 Å². The summed E-state index contributed by atoms with van der Waals surface area (Å²) in [7, 11) is 0. The van der Waals surface area contributed by atoms with Crippen molar-refractivity contribution in [3.05, 3.63) is 59.5 Å². The third kappa shape index (κ3) is 3.51. The van der Waals surface area contributed by atoms with Crippen LogP contribution in [0.4, 0.5) is 5.69 Å². The van der Waals surface area contributed by atoms with Crippen molar-refractivity contribution in [2.75, 3.05) is 11.9 Å². The summed E-state index contributed by atoms with van der Waals surface area (Å²) in [4.78, 5) is 40.3. The molecule has 3 aromatic rings. The van der Waals surface area contributed by atoms with Gasteiger partial charge in [0, 0.05) is 17.7 Å². The van der Waals surface area contributed by atoms with Gasteiger partial charge < -0.3 is 14.5 Å². The van der Waals surface area contributed by atoms with Gasteiger partial charge >= 0.3 is 5.97 Å². The highest BCUT2D eigenvalue weighted by molar-refractivity contribution is 6.05. The van der Waals surface area contributed by atoms with Gasteiger partial charge in [0.05, 0.1) is 12.3 Å². The number of ketones is 1. The lowest BCUT2D eigenvalue weighted by Crippen LogP contribution is -2.14. The van der Waals surface area contributed by atoms with Gasteiger partial charge in [-0.3, -0.25) is 14.4 Å². The number of rotatable bonds is 6. The largest absolute Gasteiger partial charge is 0.457 e. The summed E-state index contributed by atoms with van der Waals surface area (Å²) >= 11 is 0. The molecular formula is C21H18N2O5.